The predicted octanol–water partition coefficient (Wildman–Crippen LogP) is 2.20. The average molecular weight is 190 g/mol. The van der Waals surface area contributed by atoms with Gasteiger partial charge in [0.15, 0.2) is 0 Å². The van der Waals surface area contributed by atoms with Gasteiger partial charge in [-0.25, -0.2) is 0 Å². The number of hydrogen-bond donors (Lipinski definition) is 0. The molecule has 0 unspecified atom stereocenters. The zero-order chi connectivity index (χ0) is 9.97. The Morgan fingerprint density at radius 2 is 2.43 bits per heavy atom. The van der Waals surface area contributed by atoms with Gasteiger partial charge in [0, 0.05) is 6.42 Å². The van der Waals surface area contributed by atoms with Crippen LogP contribution < -0.4 is 0 Å². The van der Waals surface area contributed by atoms with E-state index in [0.717, 1.165) is 19.3 Å². The Balaban J connectivity index is 2.41. The van der Waals surface area contributed by atoms with Crippen molar-refractivity contribution in [3.63, 3.8) is 0 Å². The minimum absolute atomic E-state index is 0.0163. The van der Waals surface area contributed by atoms with Gasteiger partial charge >= 0.3 is 0 Å². The molecule has 2 rings (SSSR count). The Morgan fingerprint density at radius 3 is 3.21 bits per heavy atom. The van der Waals surface area contributed by atoms with E-state index in [0.29, 0.717) is 6.42 Å². The molecule has 0 saturated heterocycles. The summed E-state index contributed by atoms with van der Waals surface area (Å²) in [4.78, 5) is 10.5. The third-order valence-electron chi connectivity index (χ3n) is 2.74. The van der Waals surface area contributed by atoms with Gasteiger partial charge in [-0.05, 0) is 30.0 Å². The van der Waals surface area contributed by atoms with Gasteiger partial charge in [0.05, 0.1) is 12.7 Å². The van der Waals surface area contributed by atoms with Gasteiger partial charge in [0.2, 0.25) is 0 Å². The van der Waals surface area contributed by atoms with Crippen LogP contribution in [0.5, 0.6) is 0 Å². The first-order valence-corrected chi connectivity index (χ1v) is 4.96. The van der Waals surface area contributed by atoms with E-state index in [9.17, 15) is 4.79 Å². The molecular weight excluding hydrogens is 176 g/mol. The lowest BCUT2D eigenvalue weighted by Gasteiger charge is -2.26. The topological polar surface area (TPSA) is 26.3 Å². The molecule has 14 heavy (non-hydrogen) atoms. The van der Waals surface area contributed by atoms with Crippen LogP contribution in [0.25, 0.3) is 0 Å². The molecule has 2 nitrogen and oxygen atoms in total. The second-order valence-electron chi connectivity index (χ2n) is 3.66. The summed E-state index contributed by atoms with van der Waals surface area (Å²) in [6.45, 7) is 2.81. The highest BCUT2D eigenvalue weighted by molar-refractivity contribution is 5.52. The Hall–Kier alpha value is -1.15. The van der Waals surface area contributed by atoms with Crippen molar-refractivity contribution in [1.82, 2.24) is 0 Å². The number of aryl methyl sites for hydroxylation is 1. The molecule has 1 aromatic rings. The van der Waals surface area contributed by atoms with E-state index in [4.69, 9.17) is 4.74 Å². The minimum Gasteiger partial charge on any atom is -0.373 e. The molecule has 0 aliphatic carbocycles. The maximum absolute atomic E-state index is 10.5. The predicted molar refractivity (Wildman–Crippen MR) is 54.3 cm³/mol. The molecular formula is C12H14O2. The maximum atomic E-state index is 10.5. The summed E-state index contributed by atoms with van der Waals surface area (Å²) >= 11 is 0. The summed E-state index contributed by atoms with van der Waals surface area (Å²) in [5.41, 5.74) is 3.79. The van der Waals surface area contributed by atoms with Crippen LogP contribution in [-0.2, 0) is 16.0 Å². The smallest absolute Gasteiger partial charge is 0.122 e. The fourth-order valence-electron chi connectivity index (χ4n) is 2.09. The van der Waals surface area contributed by atoms with Gasteiger partial charge in [0.1, 0.15) is 6.29 Å². The van der Waals surface area contributed by atoms with Crippen molar-refractivity contribution in [2.24, 2.45) is 0 Å². The molecule has 1 atom stereocenters. The van der Waals surface area contributed by atoms with Gasteiger partial charge in [0.25, 0.3) is 0 Å². The molecule has 1 aromatic carbocycles. The quantitative estimate of drug-likeness (QED) is 0.668. The van der Waals surface area contributed by atoms with Crippen LogP contribution in [0.2, 0.25) is 0 Å². The SMILES string of the molecule is Cc1cccc2c1[C@@H](CC=O)OCC2. The summed E-state index contributed by atoms with van der Waals surface area (Å²) in [5.74, 6) is 0. The second kappa shape index (κ2) is 3.93. The molecule has 1 aliphatic rings. The molecule has 0 aromatic heterocycles. The first kappa shape index (κ1) is 9.41. The lowest BCUT2D eigenvalue weighted by molar-refractivity contribution is -0.110. The summed E-state index contributed by atoms with van der Waals surface area (Å²) in [6.07, 6.45) is 2.36. The second-order valence-corrected chi connectivity index (χ2v) is 3.66. The van der Waals surface area contributed by atoms with Crippen molar-refractivity contribution in [2.75, 3.05) is 6.61 Å². The highest BCUT2D eigenvalue weighted by Gasteiger charge is 2.21. The van der Waals surface area contributed by atoms with E-state index in [2.05, 4.69) is 25.1 Å². The van der Waals surface area contributed by atoms with E-state index in [1.54, 1.807) is 0 Å². The van der Waals surface area contributed by atoms with Crippen molar-refractivity contribution in [2.45, 2.75) is 25.9 Å². The third kappa shape index (κ3) is 1.58. The highest BCUT2D eigenvalue weighted by atomic mass is 16.5. The van der Waals surface area contributed by atoms with Crippen molar-refractivity contribution >= 4 is 6.29 Å². The third-order valence-corrected chi connectivity index (χ3v) is 2.74. The number of aldehydes is 1. The Labute approximate surface area is 83.9 Å². The maximum Gasteiger partial charge on any atom is 0.122 e. The Kier molecular flexibility index (Phi) is 2.64. The number of ether oxygens (including phenoxy) is 1. The lowest BCUT2D eigenvalue weighted by Crippen LogP contribution is -2.17. The van der Waals surface area contributed by atoms with Crippen LogP contribution in [-0.4, -0.2) is 12.9 Å². The largest absolute Gasteiger partial charge is 0.373 e. The first-order valence-electron chi connectivity index (χ1n) is 4.96. The molecule has 0 saturated carbocycles. The van der Waals surface area contributed by atoms with E-state index in [1.165, 1.54) is 16.7 Å². The van der Waals surface area contributed by atoms with Crippen LogP contribution in [0.15, 0.2) is 18.2 Å². The molecule has 0 amide bonds. The monoisotopic (exact) mass is 190 g/mol. The van der Waals surface area contributed by atoms with Gasteiger partial charge in [-0.1, -0.05) is 18.2 Å². The van der Waals surface area contributed by atoms with E-state index >= 15 is 0 Å². The summed E-state index contributed by atoms with van der Waals surface area (Å²) in [6, 6.07) is 6.27. The summed E-state index contributed by atoms with van der Waals surface area (Å²) < 4.78 is 5.59. The standard InChI is InChI=1S/C12H14O2/c1-9-3-2-4-10-6-8-14-11(5-7-13)12(9)10/h2-4,7,11H,5-6,8H2,1H3/t11-/m1/s1. The van der Waals surface area contributed by atoms with Crippen molar-refractivity contribution in [1.29, 1.82) is 0 Å². The molecule has 0 radical (unpaired) electrons. The number of rotatable bonds is 2. The van der Waals surface area contributed by atoms with E-state index < -0.39 is 0 Å². The number of benzene rings is 1. The highest BCUT2D eigenvalue weighted by Crippen LogP contribution is 2.31. The van der Waals surface area contributed by atoms with Crippen LogP contribution in [0.1, 0.15) is 29.2 Å². The molecule has 0 bridgehead atoms. The van der Waals surface area contributed by atoms with Gasteiger partial charge in [-0.3, -0.25) is 0 Å². The van der Waals surface area contributed by atoms with E-state index in [-0.39, 0.29) is 6.10 Å². The molecule has 1 heterocycles. The fraction of sp³-hybridized carbons (Fsp3) is 0.417. The average Bonchev–Trinajstić information content (AvgIpc) is 2.19. The summed E-state index contributed by atoms with van der Waals surface area (Å²) in [5, 5.41) is 0. The lowest BCUT2D eigenvalue weighted by atomic mass is 9.92. The van der Waals surface area contributed by atoms with Crippen LogP contribution in [0.4, 0.5) is 0 Å². The van der Waals surface area contributed by atoms with Crippen LogP contribution >= 0.6 is 0 Å². The van der Waals surface area contributed by atoms with Crippen LogP contribution in [0, 0.1) is 6.92 Å². The Morgan fingerprint density at radius 1 is 1.57 bits per heavy atom. The van der Waals surface area contributed by atoms with Crippen molar-refractivity contribution < 1.29 is 9.53 Å². The van der Waals surface area contributed by atoms with Gasteiger partial charge in [-0.2, -0.15) is 0 Å². The normalized spacial score (nSPS) is 20.2. The summed E-state index contributed by atoms with van der Waals surface area (Å²) in [7, 11) is 0. The number of carbonyl (C=O) groups is 1. The molecule has 0 fully saturated rings. The zero-order valence-electron chi connectivity index (χ0n) is 8.32. The fourth-order valence-corrected chi connectivity index (χ4v) is 2.09. The van der Waals surface area contributed by atoms with Crippen molar-refractivity contribution in [3.05, 3.63) is 34.9 Å². The van der Waals surface area contributed by atoms with Gasteiger partial charge in [-0.15, -0.1) is 0 Å². The Bertz CT molecular complexity index is 344. The molecule has 0 N–H and O–H groups in total. The molecule has 74 valence electrons. The first-order chi connectivity index (χ1) is 6.83. The van der Waals surface area contributed by atoms with Gasteiger partial charge < -0.3 is 9.53 Å². The zero-order valence-corrected chi connectivity index (χ0v) is 8.32. The van der Waals surface area contributed by atoms with Crippen LogP contribution in [0.3, 0.4) is 0 Å². The molecule has 1 aliphatic heterocycles. The molecule has 0 spiro atoms. The van der Waals surface area contributed by atoms with E-state index in [1.807, 2.05) is 0 Å². The number of fused-ring (bicyclic) bond motifs is 1. The molecule has 2 heteroatoms. The van der Waals surface area contributed by atoms with Crippen molar-refractivity contribution in [3.8, 4) is 0 Å². The number of hydrogen-bond acceptors (Lipinski definition) is 2. The number of carbonyl (C=O) groups excluding carboxylic acids is 1. The minimum atomic E-state index is -0.0163.